The number of halogens is 4. The molecule has 32 heavy (non-hydrogen) atoms. The van der Waals surface area contributed by atoms with E-state index in [1.54, 1.807) is 12.1 Å². The van der Waals surface area contributed by atoms with Crippen LogP contribution in [-0.2, 0) is 22.9 Å². The molecule has 1 aliphatic heterocycles. The molecule has 0 atom stereocenters. The lowest BCUT2D eigenvalue weighted by Gasteiger charge is -2.38. The Morgan fingerprint density at radius 1 is 0.844 bits per heavy atom. The third kappa shape index (κ3) is 5.19. The molecule has 0 saturated carbocycles. The van der Waals surface area contributed by atoms with E-state index in [1.165, 1.54) is 23.8 Å². The first-order valence-corrected chi connectivity index (χ1v) is 10.7. The van der Waals surface area contributed by atoms with Crippen molar-refractivity contribution in [2.75, 3.05) is 19.7 Å². The third-order valence-corrected chi connectivity index (χ3v) is 6.07. The highest BCUT2D eigenvalue weighted by molar-refractivity contribution is 5.65. The molecular formula is C26H25F4NO. The number of benzene rings is 3. The molecule has 0 unspecified atom stereocenters. The number of ether oxygens (including phenoxy) is 1. The van der Waals surface area contributed by atoms with Crippen molar-refractivity contribution in [3.63, 3.8) is 0 Å². The second-order valence-electron chi connectivity index (χ2n) is 8.32. The van der Waals surface area contributed by atoms with Crippen LogP contribution in [0.25, 0.3) is 11.1 Å². The molecule has 1 fully saturated rings. The molecule has 4 rings (SSSR count). The summed E-state index contributed by atoms with van der Waals surface area (Å²) < 4.78 is 60.2. The second-order valence-corrected chi connectivity index (χ2v) is 8.32. The Morgan fingerprint density at radius 2 is 1.59 bits per heavy atom. The Bertz CT molecular complexity index is 1040. The summed E-state index contributed by atoms with van der Waals surface area (Å²) in [7, 11) is 0. The minimum Gasteiger partial charge on any atom is -0.376 e. The molecule has 1 heterocycles. The van der Waals surface area contributed by atoms with Crippen LogP contribution in [0, 0.1) is 5.82 Å². The van der Waals surface area contributed by atoms with Gasteiger partial charge in [-0.05, 0) is 78.5 Å². The number of nitrogens with one attached hydrogen (secondary N) is 1. The smallest absolute Gasteiger partial charge is 0.376 e. The van der Waals surface area contributed by atoms with Crippen molar-refractivity contribution in [1.29, 1.82) is 0 Å². The fraction of sp³-hybridized carbons (Fsp3) is 0.308. The predicted octanol–water partition coefficient (Wildman–Crippen LogP) is 6.35. The van der Waals surface area contributed by atoms with Gasteiger partial charge in [-0.1, -0.05) is 42.5 Å². The highest BCUT2D eigenvalue weighted by Gasteiger charge is 2.34. The van der Waals surface area contributed by atoms with Crippen molar-refractivity contribution in [3.05, 3.63) is 95.3 Å². The number of rotatable bonds is 6. The molecule has 1 N–H and O–H groups in total. The number of alkyl halides is 3. The van der Waals surface area contributed by atoms with Crippen LogP contribution in [0.5, 0.6) is 0 Å². The second kappa shape index (κ2) is 9.43. The van der Waals surface area contributed by atoms with Crippen LogP contribution in [0.4, 0.5) is 17.6 Å². The van der Waals surface area contributed by atoms with Gasteiger partial charge in [0.15, 0.2) is 0 Å². The van der Waals surface area contributed by atoms with Crippen LogP contribution in [0.2, 0.25) is 0 Å². The third-order valence-electron chi connectivity index (χ3n) is 6.07. The van der Waals surface area contributed by atoms with Gasteiger partial charge in [-0.25, -0.2) is 4.39 Å². The molecule has 3 aromatic rings. The van der Waals surface area contributed by atoms with Gasteiger partial charge in [-0.15, -0.1) is 0 Å². The topological polar surface area (TPSA) is 21.3 Å². The van der Waals surface area contributed by atoms with Crippen LogP contribution in [0.1, 0.15) is 29.5 Å². The van der Waals surface area contributed by atoms with Gasteiger partial charge in [0.2, 0.25) is 0 Å². The van der Waals surface area contributed by atoms with E-state index < -0.39 is 17.6 Å². The zero-order chi connectivity index (χ0) is 22.6. The molecule has 0 amide bonds. The highest BCUT2D eigenvalue weighted by atomic mass is 19.4. The molecule has 0 bridgehead atoms. The first-order valence-electron chi connectivity index (χ1n) is 10.7. The summed E-state index contributed by atoms with van der Waals surface area (Å²) >= 11 is 0. The lowest BCUT2D eigenvalue weighted by molar-refractivity contribution is -0.137. The Labute approximate surface area is 185 Å². The molecule has 1 saturated heterocycles. The monoisotopic (exact) mass is 443 g/mol. The van der Waals surface area contributed by atoms with Crippen LogP contribution < -0.4 is 5.32 Å². The van der Waals surface area contributed by atoms with E-state index in [1.807, 2.05) is 18.2 Å². The zero-order valence-electron chi connectivity index (χ0n) is 17.6. The van der Waals surface area contributed by atoms with E-state index in [0.29, 0.717) is 23.3 Å². The molecule has 0 aromatic heterocycles. The van der Waals surface area contributed by atoms with Gasteiger partial charge in [0, 0.05) is 5.41 Å². The van der Waals surface area contributed by atoms with Crippen molar-refractivity contribution in [2.24, 2.45) is 0 Å². The molecule has 168 valence electrons. The van der Waals surface area contributed by atoms with E-state index in [0.717, 1.165) is 38.1 Å². The summed E-state index contributed by atoms with van der Waals surface area (Å²) in [6, 6.07) is 19.5. The van der Waals surface area contributed by atoms with Crippen molar-refractivity contribution in [3.8, 4) is 11.1 Å². The Morgan fingerprint density at radius 3 is 2.28 bits per heavy atom. The van der Waals surface area contributed by atoms with Gasteiger partial charge in [0.25, 0.3) is 0 Å². The molecule has 1 aliphatic rings. The SMILES string of the molecule is Fc1cccc(-c2cc(COCC3(c4ccccc4)CCNCC3)cc(C(F)(F)F)c2)c1. The van der Waals surface area contributed by atoms with Gasteiger partial charge >= 0.3 is 6.18 Å². The number of piperidine rings is 1. The van der Waals surface area contributed by atoms with Gasteiger partial charge in [0.05, 0.1) is 18.8 Å². The summed E-state index contributed by atoms with van der Waals surface area (Å²) in [5.41, 5.74) is 1.38. The molecule has 3 aromatic carbocycles. The van der Waals surface area contributed by atoms with Gasteiger partial charge in [-0.2, -0.15) is 13.2 Å². The average molecular weight is 443 g/mol. The van der Waals surface area contributed by atoms with E-state index in [-0.39, 0.29) is 12.0 Å². The van der Waals surface area contributed by atoms with Gasteiger partial charge < -0.3 is 10.1 Å². The normalized spacial score (nSPS) is 16.1. The maximum atomic E-state index is 13.6. The van der Waals surface area contributed by atoms with Crippen molar-refractivity contribution >= 4 is 0 Å². The summed E-state index contributed by atoms with van der Waals surface area (Å²) in [5.74, 6) is -0.492. The van der Waals surface area contributed by atoms with Crippen LogP contribution in [0.3, 0.4) is 0 Å². The summed E-state index contributed by atoms with van der Waals surface area (Å²) in [4.78, 5) is 0. The minimum atomic E-state index is -4.50. The largest absolute Gasteiger partial charge is 0.416 e. The molecule has 0 radical (unpaired) electrons. The highest BCUT2D eigenvalue weighted by Crippen LogP contribution is 2.36. The fourth-order valence-electron chi connectivity index (χ4n) is 4.35. The van der Waals surface area contributed by atoms with Crippen molar-refractivity contribution < 1.29 is 22.3 Å². The van der Waals surface area contributed by atoms with Crippen LogP contribution in [0.15, 0.2) is 72.8 Å². The lowest BCUT2D eigenvalue weighted by Crippen LogP contribution is -2.43. The molecule has 0 spiro atoms. The van der Waals surface area contributed by atoms with E-state index >= 15 is 0 Å². The first kappa shape index (κ1) is 22.5. The maximum absolute atomic E-state index is 13.6. The zero-order valence-corrected chi connectivity index (χ0v) is 17.6. The first-order chi connectivity index (χ1) is 15.4. The van der Waals surface area contributed by atoms with E-state index in [4.69, 9.17) is 4.74 Å². The van der Waals surface area contributed by atoms with E-state index in [9.17, 15) is 17.6 Å². The maximum Gasteiger partial charge on any atom is 0.416 e. The quantitative estimate of drug-likeness (QED) is 0.448. The molecule has 0 aliphatic carbocycles. The van der Waals surface area contributed by atoms with Gasteiger partial charge in [0.1, 0.15) is 5.82 Å². The summed E-state index contributed by atoms with van der Waals surface area (Å²) in [6.07, 6.45) is -2.71. The minimum absolute atomic E-state index is 0.0498. The molecule has 6 heteroatoms. The number of hydrogen-bond acceptors (Lipinski definition) is 2. The Balaban J connectivity index is 1.57. The number of hydrogen-bond donors (Lipinski definition) is 1. The average Bonchev–Trinajstić information content (AvgIpc) is 2.79. The van der Waals surface area contributed by atoms with Crippen LogP contribution >= 0.6 is 0 Å². The van der Waals surface area contributed by atoms with Crippen LogP contribution in [-0.4, -0.2) is 19.7 Å². The predicted molar refractivity (Wildman–Crippen MR) is 117 cm³/mol. The Kier molecular flexibility index (Phi) is 6.63. The molecular weight excluding hydrogens is 418 g/mol. The molecule has 2 nitrogen and oxygen atoms in total. The lowest BCUT2D eigenvalue weighted by atomic mass is 9.74. The van der Waals surface area contributed by atoms with Gasteiger partial charge in [-0.3, -0.25) is 0 Å². The van der Waals surface area contributed by atoms with E-state index in [2.05, 4.69) is 17.4 Å². The standard InChI is InChI=1S/C26H25F4NO/c27-24-8-4-5-20(16-24)21-13-19(14-23(15-21)26(28,29)30)17-32-18-25(9-11-31-12-10-25)22-6-2-1-3-7-22/h1-8,13-16,31H,9-12,17-18H2. The summed E-state index contributed by atoms with van der Waals surface area (Å²) in [5, 5.41) is 3.36. The fourth-order valence-corrected chi connectivity index (χ4v) is 4.35. The van der Waals surface area contributed by atoms with Crippen molar-refractivity contribution in [1.82, 2.24) is 5.32 Å². The van der Waals surface area contributed by atoms with Crippen molar-refractivity contribution in [2.45, 2.75) is 31.0 Å². The Hall–Kier alpha value is -2.70. The summed E-state index contributed by atoms with van der Waals surface area (Å²) in [6.45, 7) is 2.20.